The largest absolute Gasteiger partial charge is 0.497 e. The Morgan fingerprint density at radius 2 is 1.97 bits per heavy atom. The van der Waals surface area contributed by atoms with E-state index < -0.39 is 0 Å². The lowest BCUT2D eigenvalue weighted by molar-refractivity contribution is -0.113. The van der Waals surface area contributed by atoms with Gasteiger partial charge in [0.1, 0.15) is 5.75 Å². The molecule has 0 atom stereocenters. The molecule has 2 N–H and O–H groups in total. The Kier molecular flexibility index (Phi) is 6.59. The van der Waals surface area contributed by atoms with Crippen LogP contribution in [0.25, 0.3) is 11.1 Å². The van der Waals surface area contributed by atoms with E-state index in [1.807, 2.05) is 70.6 Å². The van der Waals surface area contributed by atoms with E-state index in [9.17, 15) is 9.90 Å². The van der Waals surface area contributed by atoms with Gasteiger partial charge < -0.3 is 19.7 Å². The van der Waals surface area contributed by atoms with Crippen molar-refractivity contribution >= 4 is 34.1 Å². The lowest BCUT2D eigenvalue weighted by atomic mass is 10.1. The lowest BCUT2D eigenvalue weighted by Crippen LogP contribution is -2.14. The smallest absolute Gasteiger partial charge is 0.236 e. The number of methoxy groups -OCH3 is 1. The summed E-state index contributed by atoms with van der Waals surface area (Å²) in [4.78, 5) is 16.4. The van der Waals surface area contributed by atoms with Gasteiger partial charge in [-0.2, -0.15) is 0 Å². The van der Waals surface area contributed by atoms with E-state index >= 15 is 0 Å². The molecule has 0 saturated carbocycles. The number of anilines is 1. The molecule has 0 fully saturated rings. The summed E-state index contributed by atoms with van der Waals surface area (Å²) in [6, 6.07) is 19.3. The van der Waals surface area contributed by atoms with E-state index in [0.29, 0.717) is 11.7 Å². The van der Waals surface area contributed by atoms with E-state index in [-0.39, 0.29) is 17.5 Å². The van der Waals surface area contributed by atoms with Gasteiger partial charge in [-0.05, 0) is 29.3 Å². The number of nitrogens with one attached hydrogen (secondary N) is 1. The molecule has 6 nitrogen and oxygen atoms in total. The predicted octanol–water partition coefficient (Wildman–Crippen LogP) is 5.10. The lowest BCUT2D eigenvalue weighted by Gasteiger charge is -2.11. The molecule has 4 rings (SSSR count). The summed E-state index contributed by atoms with van der Waals surface area (Å²) in [5, 5.41) is 17.0. The number of ether oxygens (including phenoxy) is 1. The van der Waals surface area contributed by atoms with Gasteiger partial charge in [0.25, 0.3) is 0 Å². The fourth-order valence-electron chi connectivity index (χ4n) is 3.11. The first-order chi connectivity index (χ1) is 15.1. The minimum Gasteiger partial charge on any atom is -0.497 e. The topological polar surface area (TPSA) is 76.4 Å². The molecule has 1 amide bonds. The number of nitrogens with zero attached hydrogens (tertiary/aromatic N) is 2. The second kappa shape index (κ2) is 9.72. The van der Waals surface area contributed by atoms with Crippen molar-refractivity contribution in [2.75, 3.05) is 18.2 Å². The molecule has 0 aliphatic carbocycles. The summed E-state index contributed by atoms with van der Waals surface area (Å²) in [5.74, 6) is 1.02. The Balaban J connectivity index is 1.59. The Bertz CT molecular complexity index is 1140. The molecule has 0 saturated heterocycles. The molecular formula is C23H21N3O3S2. The van der Waals surface area contributed by atoms with Gasteiger partial charge in [-0.3, -0.25) is 4.79 Å². The maximum Gasteiger partial charge on any atom is 0.236 e. The van der Waals surface area contributed by atoms with Crippen LogP contribution in [0.15, 0.2) is 77.3 Å². The minimum atomic E-state index is -0.141. The third kappa shape index (κ3) is 5.10. The highest BCUT2D eigenvalue weighted by Crippen LogP contribution is 2.37. The van der Waals surface area contributed by atoms with Gasteiger partial charge in [0, 0.05) is 17.1 Å². The van der Waals surface area contributed by atoms with Gasteiger partial charge >= 0.3 is 0 Å². The molecule has 31 heavy (non-hydrogen) atoms. The van der Waals surface area contributed by atoms with Crippen molar-refractivity contribution in [2.45, 2.75) is 11.6 Å². The fraction of sp³-hybridized carbons (Fsp3) is 0.130. The molecule has 4 aromatic rings. The third-order valence-electron chi connectivity index (χ3n) is 4.64. The van der Waals surface area contributed by atoms with Crippen LogP contribution in [0, 0.1) is 0 Å². The second-order valence-corrected chi connectivity index (χ2v) is 8.58. The Hall–Kier alpha value is -3.23. The monoisotopic (exact) mass is 451 g/mol. The molecular weight excluding hydrogens is 430 g/mol. The first kappa shape index (κ1) is 21.0. The Morgan fingerprint density at radius 1 is 1.19 bits per heavy atom. The number of benzene rings is 2. The summed E-state index contributed by atoms with van der Waals surface area (Å²) in [7, 11) is 1.63. The predicted molar refractivity (Wildman–Crippen MR) is 125 cm³/mol. The molecule has 0 radical (unpaired) electrons. The van der Waals surface area contributed by atoms with Gasteiger partial charge in [-0.1, -0.05) is 54.2 Å². The second-order valence-electron chi connectivity index (χ2n) is 6.69. The molecule has 0 unspecified atom stereocenters. The van der Waals surface area contributed by atoms with Crippen molar-refractivity contribution in [2.24, 2.45) is 0 Å². The molecule has 0 aliphatic heterocycles. The minimum absolute atomic E-state index is 0.141. The summed E-state index contributed by atoms with van der Waals surface area (Å²) in [6.07, 6.45) is 1.65. The van der Waals surface area contributed by atoms with Crippen LogP contribution in [-0.2, 0) is 11.3 Å². The molecule has 8 heteroatoms. The summed E-state index contributed by atoms with van der Waals surface area (Å²) in [6.45, 7) is 0.471. The van der Waals surface area contributed by atoms with Gasteiger partial charge in [0.05, 0.1) is 24.4 Å². The van der Waals surface area contributed by atoms with Crippen LogP contribution in [0.2, 0.25) is 0 Å². The van der Waals surface area contributed by atoms with Crippen LogP contribution in [0.4, 0.5) is 5.13 Å². The van der Waals surface area contributed by atoms with Crippen LogP contribution >= 0.6 is 23.1 Å². The highest BCUT2D eigenvalue weighted by Gasteiger charge is 2.18. The molecule has 2 heterocycles. The number of thiazole rings is 1. The van der Waals surface area contributed by atoms with E-state index in [1.165, 1.54) is 23.1 Å². The van der Waals surface area contributed by atoms with E-state index in [4.69, 9.17) is 4.74 Å². The van der Waals surface area contributed by atoms with Crippen molar-refractivity contribution < 1.29 is 14.6 Å². The van der Waals surface area contributed by atoms with Crippen LogP contribution in [0.5, 0.6) is 11.6 Å². The van der Waals surface area contributed by atoms with Crippen LogP contribution < -0.4 is 10.1 Å². The zero-order valence-corrected chi connectivity index (χ0v) is 18.5. The number of carbonyl (C=O) groups excluding carboxylic acids is 1. The number of aromatic hydroxyl groups is 1. The summed E-state index contributed by atoms with van der Waals surface area (Å²) >= 11 is 2.75. The molecule has 0 bridgehead atoms. The molecule has 2 aromatic heterocycles. The number of thioether (sulfide) groups is 1. The normalized spacial score (nSPS) is 10.7. The number of hydrogen-bond donors (Lipinski definition) is 2. The third-order valence-corrected chi connectivity index (χ3v) is 6.37. The zero-order valence-electron chi connectivity index (χ0n) is 16.8. The maximum atomic E-state index is 12.3. The highest BCUT2D eigenvalue weighted by molar-refractivity contribution is 7.99. The van der Waals surface area contributed by atoms with Gasteiger partial charge in [-0.25, -0.2) is 4.98 Å². The zero-order chi connectivity index (χ0) is 21.6. The van der Waals surface area contributed by atoms with E-state index in [0.717, 1.165) is 27.5 Å². The van der Waals surface area contributed by atoms with Gasteiger partial charge in [0.15, 0.2) is 11.0 Å². The highest BCUT2D eigenvalue weighted by atomic mass is 32.2. The van der Waals surface area contributed by atoms with Gasteiger partial charge in [0.2, 0.25) is 5.91 Å². The van der Waals surface area contributed by atoms with Crippen LogP contribution in [0.1, 0.15) is 5.56 Å². The van der Waals surface area contributed by atoms with E-state index in [2.05, 4.69) is 10.3 Å². The average Bonchev–Trinajstić information content (AvgIpc) is 3.42. The Morgan fingerprint density at radius 3 is 2.65 bits per heavy atom. The van der Waals surface area contributed by atoms with Crippen molar-refractivity contribution in [1.29, 1.82) is 0 Å². The standard InChI is InChI=1S/C23H21N3O3S2/c1-29-18-9-7-16(8-10-18)14-26-21(31-15-20(27)25-23-24-11-12-30-23)13-19(22(26)28)17-5-3-2-4-6-17/h2-13,28H,14-15H2,1H3,(H,24,25,27). The Labute approximate surface area is 188 Å². The molecule has 0 spiro atoms. The number of rotatable bonds is 8. The van der Waals surface area contributed by atoms with Crippen molar-refractivity contribution in [3.05, 3.63) is 77.8 Å². The SMILES string of the molecule is COc1ccc(Cn2c(SCC(=O)Nc3nccs3)cc(-c3ccccc3)c2O)cc1. The number of hydrogen-bond acceptors (Lipinski definition) is 6. The molecule has 0 aliphatic rings. The summed E-state index contributed by atoms with van der Waals surface area (Å²) in [5.41, 5.74) is 2.67. The molecule has 158 valence electrons. The van der Waals surface area contributed by atoms with Gasteiger partial charge in [-0.15, -0.1) is 11.3 Å². The van der Waals surface area contributed by atoms with Crippen LogP contribution in [0.3, 0.4) is 0 Å². The fourth-order valence-corrected chi connectivity index (χ4v) is 4.52. The maximum absolute atomic E-state index is 12.3. The number of carbonyl (C=O) groups is 1. The van der Waals surface area contributed by atoms with Crippen molar-refractivity contribution in [1.82, 2.24) is 9.55 Å². The number of aromatic nitrogens is 2. The molecule has 2 aromatic carbocycles. The average molecular weight is 452 g/mol. The quantitative estimate of drug-likeness (QED) is 0.364. The first-order valence-electron chi connectivity index (χ1n) is 9.57. The van der Waals surface area contributed by atoms with Crippen molar-refractivity contribution in [3.8, 4) is 22.8 Å². The first-order valence-corrected chi connectivity index (χ1v) is 11.4. The van der Waals surface area contributed by atoms with E-state index in [1.54, 1.807) is 13.3 Å². The van der Waals surface area contributed by atoms with Crippen molar-refractivity contribution in [3.63, 3.8) is 0 Å². The van der Waals surface area contributed by atoms with Crippen LogP contribution in [-0.4, -0.2) is 33.4 Å². The summed E-state index contributed by atoms with van der Waals surface area (Å²) < 4.78 is 7.05. The number of amides is 1.